The summed E-state index contributed by atoms with van der Waals surface area (Å²) >= 11 is 0. The van der Waals surface area contributed by atoms with Crippen molar-refractivity contribution in [2.24, 2.45) is 0 Å². The predicted molar refractivity (Wildman–Crippen MR) is 107 cm³/mol. The molecule has 0 aliphatic heterocycles. The van der Waals surface area contributed by atoms with E-state index in [-0.39, 0.29) is 23.8 Å². The molecule has 0 radical (unpaired) electrons. The van der Waals surface area contributed by atoms with E-state index in [1.54, 1.807) is 43.3 Å². The Hall–Kier alpha value is -4.12. The van der Waals surface area contributed by atoms with Gasteiger partial charge >= 0.3 is 0 Å². The quantitative estimate of drug-likeness (QED) is 0.464. The number of carbonyl (C=O) groups is 1. The van der Waals surface area contributed by atoms with Crippen LogP contribution in [0.4, 0.5) is 10.2 Å². The zero-order valence-corrected chi connectivity index (χ0v) is 16.3. The van der Waals surface area contributed by atoms with Gasteiger partial charge in [-0.2, -0.15) is 5.26 Å². The van der Waals surface area contributed by atoms with Gasteiger partial charge in [0.2, 0.25) is 0 Å². The largest absolute Gasteiger partial charge is 0.493 e. The number of hydrogen-bond donors (Lipinski definition) is 1. The normalized spacial score (nSPS) is 10.9. The van der Waals surface area contributed by atoms with Crippen LogP contribution >= 0.6 is 0 Å². The SMILES string of the molecule is COc1cc(/C=C(/C#N)C(=O)Nc2cc(C)on2)ccc1OCc1ccc(F)cc1. The zero-order chi connectivity index (χ0) is 21.5. The monoisotopic (exact) mass is 407 g/mol. The van der Waals surface area contributed by atoms with Crippen LogP contribution in [0.3, 0.4) is 0 Å². The maximum atomic E-state index is 13.0. The van der Waals surface area contributed by atoms with Crippen LogP contribution in [0.2, 0.25) is 0 Å². The minimum atomic E-state index is -0.610. The second-order valence-corrected chi connectivity index (χ2v) is 6.27. The maximum Gasteiger partial charge on any atom is 0.267 e. The molecular weight excluding hydrogens is 389 g/mol. The number of ether oxygens (including phenoxy) is 2. The maximum absolute atomic E-state index is 13.0. The summed E-state index contributed by atoms with van der Waals surface area (Å²) in [5.74, 6) is 0.732. The number of nitriles is 1. The van der Waals surface area contributed by atoms with Crippen molar-refractivity contribution in [1.82, 2.24) is 5.16 Å². The Bertz CT molecular complexity index is 1110. The lowest BCUT2D eigenvalue weighted by Crippen LogP contribution is -2.13. The fourth-order valence-corrected chi connectivity index (χ4v) is 2.56. The van der Waals surface area contributed by atoms with Gasteiger partial charge in [0.25, 0.3) is 5.91 Å². The minimum absolute atomic E-state index is 0.113. The smallest absolute Gasteiger partial charge is 0.267 e. The van der Waals surface area contributed by atoms with E-state index in [0.717, 1.165) is 5.56 Å². The number of anilines is 1. The fraction of sp³-hybridized carbons (Fsp3) is 0.136. The van der Waals surface area contributed by atoms with Crippen LogP contribution in [0.1, 0.15) is 16.9 Å². The van der Waals surface area contributed by atoms with Gasteiger partial charge in [0.15, 0.2) is 17.3 Å². The highest BCUT2D eigenvalue weighted by atomic mass is 19.1. The number of hydrogen-bond acceptors (Lipinski definition) is 6. The average molecular weight is 407 g/mol. The van der Waals surface area contributed by atoms with Crippen molar-refractivity contribution in [2.75, 3.05) is 12.4 Å². The first-order valence-electron chi connectivity index (χ1n) is 8.90. The summed E-state index contributed by atoms with van der Waals surface area (Å²) in [4.78, 5) is 12.3. The number of aromatic nitrogens is 1. The molecule has 152 valence electrons. The number of rotatable bonds is 7. The summed E-state index contributed by atoms with van der Waals surface area (Å²) in [5, 5.41) is 15.5. The summed E-state index contributed by atoms with van der Waals surface area (Å²) in [6.45, 7) is 1.92. The molecule has 1 aromatic heterocycles. The topological polar surface area (TPSA) is 97.4 Å². The van der Waals surface area contributed by atoms with E-state index in [9.17, 15) is 14.4 Å². The molecule has 0 fully saturated rings. The van der Waals surface area contributed by atoms with E-state index >= 15 is 0 Å². The van der Waals surface area contributed by atoms with Crippen molar-refractivity contribution >= 4 is 17.8 Å². The second-order valence-electron chi connectivity index (χ2n) is 6.27. The summed E-state index contributed by atoms with van der Waals surface area (Å²) < 4.78 is 29.0. The average Bonchev–Trinajstić information content (AvgIpc) is 3.16. The highest BCUT2D eigenvalue weighted by molar-refractivity contribution is 6.09. The Morgan fingerprint density at radius 1 is 1.23 bits per heavy atom. The van der Waals surface area contributed by atoms with Crippen molar-refractivity contribution < 1.29 is 23.2 Å². The van der Waals surface area contributed by atoms with Gasteiger partial charge in [0.1, 0.15) is 29.8 Å². The number of benzene rings is 2. The van der Waals surface area contributed by atoms with E-state index in [0.29, 0.717) is 22.8 Å². The predicted octanol–water partition coefficient (Wildman–Crippen LogP) is 4.26. The van der Waals surface area contributed by atoms with Gasteiger partial charge in [0, 0.05) is 6.07 Å². The molecule has 0 spiro atoms. The highest BCUT2D eigenvalue weighted by Crippen LogP contribution is 2.29. The Kier molecular flexibility index (Phi) is 6.45. The molecule has 0 saturated heterocycles. The van der Waals surface area contributed by atoms with Gasteiger partial charge in [-0.15, -0.1) is 0 Å². The fourth-order valence-electron chi connectivity index (χ4n) is 2.56. The van der Waals surface area contributed by atoms with Gasteiger partial charge in [-0.1, -0.05) is 23.4 Å². The Labute approximate surface area is 172 Å². The third kappa shape index (κ3) is 5.23. The van der Waals surface area contributed by atoms with E-state index in [2.05, 4.69) is 10.5 Å². The van der Waals surface area contributed by atoms with Crippen LogP contribution in [0.25, 0.3) is 6.08 Å². The number of amides is 1. The van der Waals surface area contributed by atoms with Crippen LogP contribution in [0, 0.1) is 24.1 Å². The first-order valence-corrected chi connectivity index (χ1v) is 8.90. The van der Waals surface area contributed by atoms with Crippen molar-refractivity contribution in [1.29, 1.82) is 5.26 Å². The second kappa shape index (κ2) is 9.39. The molecule has 0 bridgehead atoms. The van der Waals surface area contributed by atoms with E-state index in [1.807, 2.05) is 6.07 Å². The van der Waals surface area contributed by atoms with E-state index in [1.165, 1.54) is 25.3 Å². The molecule has 30 heavy (non-hydrogen) atoms. The summed E-state index contributed by atoms with van der Waals surface area (Å²) in [6, 6.07) is 14.4. The number of aryl methyl sites for hydroxylation is 1. The number of methoxy groups -OCH3 is 1. The van der Waals surface area contributed by atoms with Gasteiger partial charge < -0.3 is 19.3 Å². The molecule has 7 nitrogen and oxygen atoms in total. The summed E-state index contributed by atoms with van der Waals surface area (Å²) in [7, 11) is 1.48. The molecule has 3 aromatic rings. The number of halogens is 1. The molecule has 0 aliphatic rings. The van der Waals surface area contributed by atoms with Crippen molar-refractivity contribution in [2.45, 2.75) is 13.5 Å². The lowest BCUT2D eigenvalue weighted by molar-refractivity contribution is -0.112. The molecule has 3 rings (SSSR count). The molecule has 0 saturated carbocycles. The Balaban J connectivity index is 1.74. The third-order valence-electron chi connectivity index (χ3n) is 4.04. The molecule has 1 N–H and O–H groups in total. The van der Waals surface area contributed by atoms with Crippen LogP contribution in [-0.4, -0.2) is 18.2 Å². The lowest BCUT2D eigenvalue weighted by Gasteiger charge is -2.11. The van der Waals surface area contributed by atoms with Crippen LogP contribution in [0.5, 0.6) is 11.5 Å². The molecule has 1 heterocycles. The van der Waals surface area contributed by atoms with E-state index in [4.69, 9.17) is 14.0 Å². The molecule has 0 atom stereocenters. The van der Waals surface area contributed by atoms with Crippen molar-refractivity contribution in [3.8, 4) is 17.6 Å². The Morgan fingerprint density at radius 2 is 2.00 bits per heavy atom. The van der Waals surface area contributed by atoms with Gasteiger partial charge in [-0.25, -0.2) is 4.39 Å². The number of nitrogens with one attached hydrogen (secondary N) is 1. The molecule has 8 heteroatoms. The third-order valence-corrected chi connectivity index (χ3v) is 4.04. The van der Waals surface area contributed by atoms with Crippen LogP contribution < -0.4 is 14.8 Å². The first kappa shape index (κ1) is 20.6. The lowest BCUT2D eigenvalue weighted by atomic mass is 10.1. The van der Waals surface area contributed by atoms with Crippen molar-refractivity contribution in [3.05, 3.63) is 76.8 Å². The summed E-state index contributed by atoms with van der Waals surface area (Å²) in [6.07, 6.45) is 1.43. The number of carbonyl (C=O) groups excluding carboxylic acids is 1. The van der Waals surface area contributed by atoms with Gasteiger partial charge in [0.05, 0.1) is 7.11 Å². The van der Waals surface area contributed by atoms with E-state index < -0.39 is 5.91 Å². The first-order chi connectivity index (χ1) is 14.5. The van der Waals surface area contributed by atoms with Crippen molar-refractivity contribution in [3.63, 3.8) is 0 Å². The van der Waals surface area contributed by atoms with Gasteiger partial charge in [-0.3, -0.25) is 4.79 Å². The number of nitrogens with zero attached hydrogens (tertiary/aromatic N) is 2. The Morgan fingerprint density at radius 3 is 2.63 bits per heavy atom. The molecule has 0 unspecified atom stereocenters. The van der Waals surface area contributed by atoms with Crippen LogP contribution in [0.15, 0.2) is 58.6 Å². The zero-order valence-electron chi connectivity index (χ0n) is 16.3. The summed E-state index contributed by atoms with van der Waals surface area (Å²) in [5.41, 5.74) is 1.26. The van der Waals surface area contributed by atoms with Gasteiger partial charge in [-0.05, 0) is 48.4 Å². The molecule has 2 aromatic carbocycles. The highest BCUT2D eigenvalue weighted by Gasteiger charge is 2.13. The molecule has 1 amide bonds. The molecular formula is C22H18FN3O4. The standard InChI is InChI=1S/C22H18FN3O4/c1-14-9-21(26-30-14)25-22(27)17(12-24)10-16-5-8-19(20(11-16)28-2)29-13-15-3-6-18(23)7-4-15/h3-11H,13H2,1-2H3,(H,25,26,27)/b17-10-. The van der Waals surface area contributed by atoms with Crippen LogP contribution in [-0.2, 0) is 11.4 Å². The molecule has 0 aliphatic carbocycles. The minimum Gasteiger partial charge on any atom is -0.493 e.